The van der Waals surface area contributed by atoms with E-state index < -0.39 is 30.2 Å². The van der Waals surface area contributed by atoms with Crippen LogP contribution < -0.4 is 25.4 Å². The Morgan fingerprint density at radius 2 is 1.04 bits per heavy atom. The van der Waals surface area contributed by atoms with Crippen LogP contribution in [0.3, 0.4) is 0 Å². The van der Waals surface area contributed by atoms with Crippen molar-refractivity contribution in [3.63, 3.8) is 0 Å². The molecule has 0 saturated heterocycles. The fourth-order valence-corrected chi connectivity index (χ4v) is 5.96. The molecule has 0 atom stereocenters. The molecule has 10 nitrogen and oxygen atoms in total. The van der Waals surface area contributed by atoms with E-state index in [2.05, 4.69) is 16.0 Å². The Morgan fingerprint density at radius 1 is 0.623 bits per heavy atom. The van der Waals surface area contributed by atoms with Crippen LogP contribution in [0.5, 0.6) is 11.5 Å². The van der Waals surface area contributed by atoms with Gasteiger partial charge in [0.05, 0.1) is 26.5 Å². The topological polar surface area (TPSA) is 146 Å². The van der Waals surface area contributed by atoms with Crippen molar-refractivity contribution in [2.24, 2.45) is 0 Å². The van der Waals surface area contributed by atoms with Crippen molar-refractivity contribution in [3.8, 4) is 11.5 Å². The predicted octanol–water partition coefficient (Wildman–Crippen LogP) is 9.51. The van der Waals surface area contributed by atoms with Gasteiger partial charge in [-0.3, -0.25) is 14.4 Å². The summed E-state index contributed by atoms with van der Waals surface area (Å²) < 4.78 is 38.8. The minimum Gasteiger partial charge on any atom is -0.486 e. The fraction of sp³-hybridized carbons (Fsp3) is 0.270. The maximum absolute atomic E-state index is 13.8. The standard InChI is InChI=1S/C19H19Cl2FN2O4.C18H18Cl2FNO3/c1-10(2)24-14-4-11(3-13(22)7-14)9-28-18-15(20)5-12(6-16(18)21)19(27)23-8-17(25)26;1-10(2)22-14-4-12(3-13(21)8-14)9-25-18-15(19)5-11(6-16(18)20)7-17(23)24/h3-7,10,24H,8-9H2,1-2H3,(H,23,27)(H,25,26);3-6,8,10,22H,7,9H2,1-2H3,(H,23,24). The summed E-state index contributed by atoms with van der Waals surface area (Å²) in [6.45, 7) is 7.34. The Morgan fingerprint density at radius 3 is 1.42 bits per heavy atom. The Labute approximate surface area is 325 Å². The zero-order chi connectivity index (χ0) is 39.4. The molecule has 0 radical (unpaired) electrons. The molecule has 0 saturated carbocycles. The fourth-order valence-electron chi connectivity index (χ4n) is 4.73. The van der Waals surface area contributed by atoms with Gasteiger partial charge < -0.3 is 35.6 Å². The first kappa shape index (κ1) is 42.9. The monoisotopic (exact) mass is 813 g/mol. The van der Waals surface area contributed by atoms with Gasteiger partial charge in [-0.05, 0) is 105 Å². The van der Waals surface area contributed by atoms with Gasteiger partial charge in [0.1, 0.15) is 31.4 Å². The molecule has 0 spiro atoms. The third-order valence-corrected chi connectivity index (χ3v) is 7.79. The van der Waals surface area contributed by atoms with E-state index in [1.54, 1.807) is 12.1 Å². The second kappa shape index (κ2) is 20.1. The number of nitrogens with one attached hydrogen (secondary N) is 3. The molecular formula is C37H37Cl4F2N3O7. The lowest BCUT2D eigenvalue weighted by Gasteiger charge is -2.14. The number of halogens is 6. The highest BCUT2D eigenvalue weighted by Crippen LogP contribution is 2.36. The van der Waals surface area contributed by atoms with Gasteiger partial charge in [0, 0.05) is 29.0 Å². The number of amides is 1. The first-order valence-corrected chi connectivity index (χ1v) is 17.5. The normalized spacial score (nSPS) is 10.7. The smallest absolute Gasteiger partial charge is 0.322 e. The van der Waals surface area contributed by atoms with Gasteiger partial charge >= 0.3 is 11.9 Å². The van der Waals surface area contributed by atoms with E-state index in [1.165, 1.54) is 48.5 Å². The number of hydrogen-bond acceptors (Lipinski definition) is 7. The Hall–Kier alpha value is -4.49. The number of rotatable bonds is 15. The molecule has 0 aliphatic rings. The van der Waals surface area contributed by atoms with E-state index in [0.717, 1.165) is 0 Å². The molecule has 0 unspecified atom stereocenters. The highest BCUT2D eigenvalue weighted by molar-refractivity contribution is 6.38. The minimum absolute atomic E-state index is 0.00846. The summed E-state index contributed by atoms with van der Waals surface area (Å²) in [4.78, 5) is 33.2. The largest absolute Gasteiger partial charge is 0.486 e. The maximum Gasteiger partial charge on any atom is 0.322 e. The van der Waals surface area contributed by atoms with Crippen molar-refractivity contribution in [1.29, 1.82) is 0 Å². The van der Waals surface area contributed by atoms with Gasteiger partial charge in [-0.15, -0.1) is 0 Å². The lowest BCUT2D eigenvalue weighted by atomic mass is 10.1. The Balaban J connectivity index is 0.000000287. The summed E-state index contributed by atoms with van der Waals surface area (Å²) >= 11 is 24.5. The quantitative estimate of drug-likeness (QED) is 0.0792. The van der Waals surface area contributed by atoms with Crippen molar-refractivity contribution in [2.45, 2.75) is 59.4 Å². The number of ether oxygens (including phenoxy) is 2. The molecular weight excluding hydrogens is 778 g/mol. The van der Waals surface area contributed by atoms with Gasteiger partial charge in [-0.1, -0.05) is 46.4 Å². The Bertz CT molecular complexity index is 1900. The number of carbonyl (C=O) groups is 3. The number of benzene rings is 4. The molecule has 0 aromatic heterocycles. The van der Waals surface area contributed by atoms with Gasteiger partial charge in [0.15, 0.2) is 11.5 Å². The van der Waals surface area contributed by atoms with E-state index >= 15 is 0 Å². The van der Waals surface area contributed by atoms with Crippen molar-refractivity contribution >= 4 is 75.6 Å². The molecule has 1 amide bonds. The Kier molecular flexibility index (Phi) is 16.3. The highest BCUT2D eigenvalue weighted by atomic mass is 35.5. The van der Waals surface area contributed by atoms with Gasteiger partial charge in [-0.25, -0.2) is 8.78 Å². The van der Waals surface area contributed by atoms with Crippen molar-refractivity contribution in [2.75, 3.05) is 17.2 Å². The molecule has 4 rings (SSSR count). The maximum atomic E-state index is 13.8. The number of hydrogen-bond donors (Lipinski definition) is 5. The van der Waals surface area contributed by atoms with Crippen molar-refractivity contribution < 1.29 is 42.9 Å². The number of carboxylic acid groups (broad SMARTS) is 2. The zero-order valence-electron chi connectivity index (χ0n) is 29.0. The first-order valence-electron chi connectivity index (χ1n) is 16.0. The summed E-state index contributed by atoms with van der Waals surface area (Å²) in [5.74, 6) is -3.20. The number of carboxylic acids is 2. The second-order valence-corrected chi connectivity index (χ2v) is 13.8. The second-order valence-electron chi connectivity index (χ2n) is 12.2. The molecule has 0 fully saturated rings. The van der Waals surface area contributed by atoms with Gasteiger partial charge in [0.2, 0.25) is 0 Å². The van der Waals surface area contributed by atoms with Crippen LogP contribution in [0.1, 0.15) is 54.7 Å². The van der Waals surface area contributed by atoms with Gasteiger partial charge in [-0.2, -0.15) is 0 Å². The van der Waals surface area contributed by atoms with E-state index in [9.17, 15) is 23.2 Å². The molecule has 16 heteroatoms. The molecule has 0 bridgehead atoms. The molecule has 0 aliphatic carbocycles. The van der Waals surface area contributed by atoms with Crippen LogP contribution in [-0.4, -0.2) is 46.7 Å². The zero-order valence-corrected chi connectivity index (χ0v) is 32.0. The molecule has 284 valence electrons. The number of carbonyl (C=O) groups excluding carboxylic acids is 1. The van der Waals surface area contributed by atoms with E-state index in [1.807, 2.05) is 27.7 Å². The number of anilines is 2. The highest BCUT2D eigenvalue weighted by Gasteiger charge is 2.16. The predicted molar refractivity (Wildman–Crippen MR) is 203 cm³/mol. The number of aliphatic carboxylic acids is 2. The molecule has 4 aromatic carbocycles. The molecule has 4 aromatic rings. The molecule has 0 heterocycles. The van der Waals surface area contributed by atoms with Crippen LogP contribution >= 0.6 is 46.4 Å². The average molecular weight is 816 g/mol. The SMILES string of the molecule is CC(C)Nc1cc(F)cc(COc2c(Cl)cc(C(=O)NCC(=O)O)cc2Cl)c1.CC(C)Nc1cc(F)cc(COc2c(Cl)cc(CC(=O)O)cc2Cl)c1. The summed E-state index contributed by atoms with van der Waals surface area (Å²) in [5.41, 5.74) is 3.03. The van der Waals surface area contributed by atoms with E-state index in [0.29, 0.717) is 28.1 Å². The van der Waals surface area contributed by atoms with Crippen LogP contribution in [0, 0.1) is 11.6 Å². The minimum atomic E-state index is -1.17. The lowest BCUT2D eigenvalue weighted by molar-refractivity contribution is -0.137. The van der Waals surface area contributed by atoms with Crippen LogP contribution in [-0.2, 0) is 29.2 Å². The van der Waals surface area contributed by atoms with E-state index in [4.69, 9.17) is 66.1 Å². The van der Waals surface area contributed by atoms with Crippen molar-refractivity contribution in [3.05, 3.63) is 115 Å². The molecule has 5 N–H and O–H groups in total. The first-order chi connectivity index (χ1) is 24.9. The summed E-state index contributed by atoms with van der Waals surface area (Å²) in [6.07, 6.45) is -0.187. The molecule has 53 heavy (non-hydrogen) atoms. The van der Waals surface area contributed by atoms with Gasteiger partial charge in [0.25, 0.3) is 5.91 Å². The summed E-state index contributed by atoms with van der Waals surface area (Å²) in [5, 5.41) is 26.5. The summed E-state index contributed by atoms with van der Waals surface area (Å²) in [6, 6.07) is 14.9. The van der Waals surface area contributed by atoms with Crippen LogP contribution in [0.4, 0.5) is 20.2 Å². The van der Waals surface area contributed by atoms with Crippen LogP contribution in [0.15, 0.2) is 60.7 Å². The third kappa shape index (κ3) is 14.5. The molecule has 0 aliphatic heterocycles. The summed E-state index contributed by atoms with van der Waals surface area (Å²) in [7, 11) is 0. The lowest BCUT2D eigenvalue weighted by Crippen LogP contribution is -2.29. The average Bonchev–Trinajstić information content (AvgIpc) is 3.01. The van der Waals surface area contributed by atoms with Crippen LogP contribution in [0.2, 0.25) is 20.1 Å². The van der Waals surface area contributed by atoms with E-state index in [-0.39, 0.29) is 74.7 Å². The van der Waals surface area contributed by atoms with Crippen LogP contribution in [0.25, 0.3) is 0 Å². The third-order valence-electron chi connectivity index (χ3n) is 6.67. The van der Waals surface area contributed by atoms with Crippen molar-refractivity contribution in [1.82, 2.24) is 5.32 Å².